The van der Waals surface area contributed by atoms with Crippen molar-refractivity contribution in [3.05, 3.63) is 35.4 Å². The third kappa shape index (κ3) is 4.11. The molecule has 1 aromatic rings. The van der Waals surface area contributed by atoms with E-state index in [1.54, 1.807) is 30.9 Å². The van der Waals surface area contributed by atoms with Gasteiger partial charge in [-0.15, -0.1) is 0 Å². The summed E-state index contributed by atoms with van der Waals surface area (Å²) in [6, 6.07) is 7.80. The summed E-state index contributed by atoms with van der Waals surface area (Å²) in [6.45, 7) is 0.915. The van der Waals surface area contributed by atoms with E-state index in [1.807, 2.05) is 24.3 Å². The zero-order chi connectivity index (χ0) is 13.5. The molecule has 0 saturated carbocycles. The first kappa shape index (κ1) is 14.1. The molecule has 1 aromatic carbocycles. The summed E-state index contributed by atoms with van der Waals surface area (Å²) >= 11 is 0. The van der Waals surface area contributed by atoms with Crippen LogP contribution in [0.1, 0.15) is 11.1 Å². The molecule has 0 aromatic heterocycles. The molecule has 18 heavy (non-hydrogen) atoms. The normalized spacial score (nSPS) is 9.33. The SMILES string of the molecule is CN(C)C(=O)N(C)Cc1cccc(C#CCN)c1. The van der Waals surface area contributed by atoms with Crippen LogP contribution in [0.2, 0.25) is 0 Å². The highest BCUT2D eigenvalue weighted by Crippen LogP contribution is 2.07. The molecule has 0 aliphatic rings. The molecule has 0 aliphatic carbocycles. The lowest BCUT2D eigenvalue weighted by molar-refractivity contribution is 0.180. The zero-order valence-electron chi connectivity index (χ0n) is 11.1. The van der Waals surface area contributed by atoms with Crippen LogP contribution in [0.5, 0.6) is 0 Å². The molecule has 0 heterocycles. The maximum Gasteiger partial charge on any atom is 0.319 e. The first-order valence-electron chi connectivity index (χ1n) is 5.75. The third-order valence-electron chi connectivity index (χ3n) is 2.39. The van der Waals surface area contributed by atoms with Crippen molar-refractivity contribution < 1.29 is 4.79 Å². The first-order valence-corrected chi connectivity index (χ1v) is 5.75. The summed E-state index contributed by atoms with van der Waals surface area (Å²) in [5.74, 6) is 5.80. The Hall–Kier alpha value is -1.99. The Morgan fingerprint density at radius 3 is 2.67 bits per heavy atom. The topological polar surface area (TPSA) is 49.6 Å². The Labute approximate surface area is 108 Å². The third-order valence-corrected chi connectivity index (χ3v) is 2.39. The largest absolute Gasteiger partial charge is 0.331 e. The maximum atomic E-state index is 11.7. The van der Waals surface area contributed by atoms with Crippen molar-refractivity contribution in [1.82, 2.24) is 9.80 Å². The lowest BCUT2D eigenvalue weighted by Crippen LogP contribution is -2.35. The van der Waals surface area contributed by atoms with E-state index in [0.717, 1.165) is 11.1 Å². The van der Waals surface area contributed by atoms with E-state index >= 15 is 0 Å². The molecule has 0 saturated heterocycles. The number of hydrogen-bond acceptors (Lipinski definition) is 2. The van der Waals surface area contributed by atoms with Crippen molar-refractivity contribution in [2.45, 2.75) is 6.54 Å². The number of carbonyl (C=O) groups excluding carboxylic acids is 1. The summed E-state index contributed by atoms with van der Waals surface area (Å²) in [7, 11) is 5.25. The van der Waals surface area contributed by atoms with Crippen LogP contribution in [-0.2, 0) is 6.54 Å². The Kier molecular flexibility index (Phi) is 5.22. The van der Waals surface area contributed by atoms with Crippen molar-refractivity contribution in [2.24, 2.45) is 5.73 Å². The molecular formula is C14H19N3O. The number of amides is 2. The Bertz CT molecular complexity index is 471. The molecular weight excluding hydrogens is 226 g/mol. The number of hydrogen-bond donors (Lipinski definition) is 1. The zero-order valence-corrected chi connectivity index (χ0v) is 11.1. The van der Waals surface area contributed by atoms with Crippen molar-refractivity contribution in [2.75, 3.05) is 27.7 Å². The molecule has 2 amide bonds. The van der Waals surface area contributed by atoms with Gasteiger partial charge in [0.05, 0.1) is 6.54 Å². The minimum Gasteiger partial charge on any atom is -0.331 e. The minimum absolute atomic E-state index is 0.0200. The van der Waals surface area contributed by atoms with Gasteiger partial charge in [0.2, 0.25) is 0 Å². The summed E-state index contributed by atoms with van der Waals surface area (Å²) < 4.78 is 0. The van der Waals surface area contributed by atoms with E-state index in [1.165, 1.54) is 0 Å². The van der Waals surface area contributed by atoms with Crippen LogP contribution in [0.3, 0.4) is 0 Å². The van der Waals surface area contributed by atoms with Crippen LogP contribution in [0.4, 0.5) is 4.79 Å². The van der Waals surface area contributed by atoms with E-state index in [-0.39, 0.29) is 6.03 Å². The van der Waals surface area contributed by atoms with Crippen LogP contribution in [0, 0.1) is 11.8 Å². The summed E-state index contributed by atoms with van der Waals surface area (Å²) in [6.07, 6.45) is 0. The van der Waals surface area contributed by atoms with Crippen molar-refractivity contribution in [3.8, 4) is 11.8 Å². The van der Waals surface area contributed by atoms with Gasteiger partial charge in [-0.25, -0.2) is 4.79 Å². The second kappa shape index (κ2) is 6.67. The standard InChI is InChI=1S/C14H19N3O/c1-16(2)14(18)17(3)11-13-7-4-6-12(10-13)8-5-9-15/h4,6-7,10H,9,11,15H2,1-3H3. The van der Waals surface area contributed by atoms with Crippen molar-refractivity contribution in [1.29, 1.82) is 0 Å². The molecule has 0 aliphatic heterocycles. The second-order valence-electron chi connectivity index (χ2n) is 4.24. The van der Waals surface area contributed by atoms with E-state index in [9.17, 15) is 4.79 Å². The molecule has 0 spiro atoms. The molecule has 4 heteroatoms. The Balaban J connectivity index is 2.76. The van der Waals surface area contributed by atoms with Gasteiger partial charge in [-0.2, -0.15) is 0 Å². The monoisotopic (exact) mass is 245 g/mol. The van der Waals surface area contributed by atoms with Gasteiger partial charge in [-0.05, 0) is 17.7 Å². The van der Waals surface area contributed by atoms with Crippen molar-refractivity contribution >= 4 is 6.03 Å². The van der Waals surface area contributed by atoms with E-state index in [0.29, 0.717) is 13.1 Å². The molecule has 0 radical (unpaired) electrons. The molecule has 2 N–H and O–H groups in total. The molecule has 0 bridgehead atoms. The van der Waals surface area contributed by atoms with Crippen LogP contribution in [-0.4, -0.2) is 43.5 Å². The molecule has 0 unspecified atom stereocenters. The molecule has 0 fully saturated rings. The van der Waals surface area contributed by atoms with Crippen LogP contribution < -0.4 is 5.73 Å². The van der Waals surface area contributed by atoms with Crippen LogP contribution in [0.25, 0.3) is 0 Å². The number of benzene rings is 1. The highest BCUT2D eigenvalue weighted by atomic mass is 16.2. The van der Waals surface area contributed by atoms with Gasteiger partial charge in [0.1, 0.15) is 0 Å². The lowest BCUT2D eigenvalue weighted by atomic mass is 10.1. The van der Waals surface area contributed by atoms with E-state index in [2.05, 4.69) is 11.8 Å². The molecule has 4 nitrogen and oxygen atoms in total. The number of nitrogens with zero attached hydrogens (tertiary/aromatic N) is 2. The maximum absolute atomic E-state index is 11.7. The number of rotatable bonds is 2. The fraction of sp³-hybridized carbons (Fsp3) is 0.357. The quantitative estimate of drug-likeness (QED) is 0.794. The van der Waals surface area contributed by atoms with E-state index in [4.69, 9.17) is 5.73 Å². The molecule has 0 atom stereocenters. The van der Waals surface area contributed by atoms with Crippen LogP contribution in [0.15, 0.2) is 24.3 Å². The average molecular weight is 245 g/mol. The molecule has 1 rings (SSSR count). The van der Waals surface area contributed by atoms with Crippen LogP contribution >= 0.6 is 0 Å². The molecule has 96 valence electrons. The van der Waals surface area contributed by atoms with Gasteiger partial charge in [0.25, 0.3) is 0 Å². The number of carbonyl (C=O) groups is 1. The number of nitrogens with two attached hydrogens (primary N) is 1. The highest BCUT2D eigenvalue weighted by molar-refractivity contribution is 5.73. The average Bonchev–Trinajstić information content (AvgIpc) is 2.35. The van der Waals surface area contributed by atoms with Gasteiger partial charge >= 0.3 is 6.03 Å². The van der Waals surface area contributed by atoms with E-state index < -0.39 is 0 Å². The smallest absolute Gasteiger partial charge is 0.319 e. The minimum atomic E-state index is -0.0200. The van der Waals surface area contributed by atoms with Crippen molar-refractivity contribution in [3.63, 3.8) is 0 Å². The second-order valence-corrected chi connectivity index (χ2v) is 4.24. The Morgan fingerprint density at radius 1 is 1.33 bits per heavy atom. The van der Waals surface area contributed by atoms with Gasteiger partial charge in [-0.3, -0.25) is 0 Å². The number of urea groups is 1. The van der Waals surface area contributed by atoms with Gasteiger partial charge in [-0.1, -0.05) is 24.0 Å². The fourth-order valence-electron chi connectivity index (χ4n) is 1.58. The lowest BCUT2D eigenvalue weighted by Gasteiger charge is -2.21. The summed E-state index contributed by atoms with van der Waals surface area (Å²) in [5, 5.41) is 0. The first-order chi connectivity index (χ1) is 8.54. The van der Waals surface area contributed by atoms with Gasteiger partial charge < -0.3 is 15.5 Å². The predicted molar refractivity (Wildman–Crippen MR) is 72.9 cm³/mol. The Morgan fingerprint density at radius 2 is 2.06 bits per heavy atom. The van der Waals surface area contributed by atoms with Gasteiger partial charge in [0, 0.05) is 33.3 Å². The van der Waals surface area contributed by atoms with Gasteiger partial charge in [0.15, 0.2) is 0 Å². The predicted octanol–water partition coefficient (Wildman–Crippen LogP) is 1.11. The fourth-order valence-corrected chi connectivity index (χ4v) is 1.58. The highest BCUT2D eigenvalue weighted by Gasteiger charge is 2.10. The summed E-state index contributed by atoms with van der Waals surface area (Å²) in [4.78, 5) is 14.9. The summed E-state index contributed by atoms with van der Waals surface area (Å²) in [5.41, 5.74) is 7.31.